The van der Waals surface area contributed by atoms with Crippen LogP contribution in [0.1, 0.15) is 10.5 Å². The molecule has 3 heterocycles. The lowest BCUT2D eigenvalue weighted by molar-refractivity contribution is 0.102. The highest BCUT2D eigenvalue weighted by Gasteiger charge is 2.16. The Balaban J connectivity index is 1.30. The molecule has 0 aliphatic heterocycles. The number of amides is 1. The van der Waals surface area contributed by atoms with Crippen molar-refractivity contribution in [3.05, 3.63) is 120 Å². The lowest BCUT2D eigenvalue weighted by atomic mass is 10.1. The number of para-hydroxylation sites is 2. The van der Waals surface area contributed by atoms with Crippen LogP contribution in [0.2, 0.25) is 5.02 Å². The molecule has 9 heteroatoms. The molecular formula is C30H22ClN7O. The minimum Gasteiger partial charge on any atom is -0.397 e. The standard InChI is InChI=1S/C30H22ClN7O/c31-25-17-34-30(36-21-8-6-7-20(15-21)35-29(39)26-14-13-19(32)16-33-26)37-28(25)24-18-38(22-9-2-1-3-10-22)27-12-5-4-11-23(24)27/h1-18H,32H2,(H,35,39)(H,34,36,37). The van der Waals surface area contributed by atoms with Gasteiger partial charge in [-0.15, -0.1) is 0 Å². The Hall–Kier alpha value is -5.21. The molecule has 39 heavy (non-hydrogen) atoms. The zero-order valence-corrected chi connectivity index (χ0v) is 21.3. The number of halogens is 1. The first-order chi connectivity index (χ1) is 19.0. The zero-order chi connectivity index (χ0) is 26.8. The van der Waals surface area contributed by atoms with Crippen LogP contribution in [0.3, 0.4) is 0 Å². The Morgan fingerprint density at radius 3 is 2.46 bits per heavy atom. The molecule has 6 aromatic rings. The number of aromatic nitrogens is 4. The largest absolute Gasteiger partial charge is 0.397 e. The van der Waals surface area contributed by atoms with Crippen molar-refractivity contribution in [1.29, 1.82) is 0 Å². The SMILES string of the molecule is Nc1ccc(C(=O)Nc2cccc(Nc3ncc(Cl)c(-c4cn(-c5ccccc5)c5ccccc45)n3)c2)nc1. The molecule has 4 N–H and O–H groups in total. The number of hydrogen-bond acceptors (Lipinski definition) is 6. The van der Waals surface area contributed by atoms with E-state index in [1.807, 2.05) is 48.7 Å². The molecule has 8 nitrogen and oxygen atoms in total. The van der Waals surface area contributed by atoms with Crippen molar-refractivity contribution in [1.82, 2.24) is 19.5 Å². The smallest absolute Gasteiger partial charge is 0.274 e. The molecule has 0 spiro atoms. The highest BCUT2D eigenvalue weighted by atomic mass is 35.5. The number of pyridine rings is 1. The summed E-state index contributed by atoms with van der Waals surface area (Å²) in [6, 6.07) is 28.7. The third-order valence-corrected chi connectivity index (χ3v) is 6.42. The van der Waals surface area contributed by atoms with Crippen molar-refractivity contribution in [3.8, 4) is 16.9 Å². The molecule has 3 aromatic carbocycles. The number of carbonyl (C=O) groups excluding carboxylic acids is 1. The first kappa shape index (κ1) is 24.1. The van der Waals surface area contributed by atoms with E-state index in [2.05, 4.69) is 49.4 Å². The molecule has 0 saturated carbocycles. The van der Waals surface area contributed by atoms with E-state index in [1.54, 1.807) is 30.5 Å². The quantitative estimate of drug-likeness (QED) is 0.220. The van der Waals surface area contributed by atoms with E-state index in [1.165, 1.54) is 6.20 Å². The van der Waals surface area contributed by atoms with Crippen LogP contribution >= 0.6 is 11.6 Å². The molecular weight excluding hydrogens is 510 g/mol. The Bertz CT molecular complexity index is 1800. The summed E-state index contributed by atoms with van der Waals surface area (Å²) in [7, 11) is 0. The van der Waals surface area contributed by atoms with Crippen LogP contribution in [0.25, 0.3) is 27.8 Å². The first-order valence-electron chi connectivity index (χ1n) is 12.1. The van der Waals surface area contributed by atoms with Crippen LogP contribution in [0.5, 0.6) is 0 Å². The molecule has 0 radical (unpaired) electrons. The molecule has 3 aromatic heterocycles. The fourth-order valence-corrected chi connectivity index (χ4v) is 4.52. The molecule has 0 fully saturated rings. The predicted molar refractivity (Wildman–Crippen MR) is 156 cm³/mol. The van der Waals surface area contributed by atoms with Crippen LogP contribution in [-0.2, 0) is 0 Å². The third kappa shape index (κ3) is 5.01. The summed E-state index contributed by atoms with van der Waals surface area (Å²) in [6.07, 6.45) is 5.07. The third-order valence-electron chi connectivity index (χ3n) is 6.14. The van der Waals surface area contributed by atoms with Crippen molar-refractivity contribution >= 4 is 51.4 Å². The summed E-state index contributed by atoms with van der Waals surface area (Å²) >= 11 is 6.62. The summed E-state index contributed by atoms with van der Waals surface area (Å²) in [6.45, 7) is 0. The lowest BCUT2D eigenvalue weighted by Crippen LogP contribution is -2.13. The minimum atomic E-state index is -0.341. The molecule has 6 rings (SSSR count). The van der Waals surface area contributed by atoms with Crippen molar-refractivity contribution in [2.75, 3.05) is 16.4 Å². The van der Waals surface area contributed by atoms with Crippen molar-refractivity contribution in [3.63, 3.8) is 0 Å². The Kier molecular flexibility index (Phi) is 6.36. The van der Waals surface area contributed by atoms with Crippen molar-refractivity contribution < 1.29 is 4.79 Å². The van der Waals surface area contributed by atoms with Gasteiger partial charge in [0.2, 0.25) is 5.95 Å². The number of carbonyl (C=O) groups is 1. The van der Waals surface area contributed by atoms with Crippen LogP contribution < -0.4 is 16.4 Å². The number of rotatable bonds is 6. The van der Waals surface area contributed by atoms with Gasteiger partial charge >= 0.3 is 0 Å². The average Bonchev–Trinajstić information content (AvgIpc) is 3.35. The van der Waals surface area contributed by atoms with Gasteiger partial charge in [-0.05, 0) is 48.5 Å². The van der Waals surface area contributed by atoms with Gasteiger partial charge in [-0.2, -0.15) is 0 Å². The monoisotopic (exact) mass is 531 g/mol. The van der Waals surface area contributed by atoms with Gasteiger partial charge < -0.3 is 20.9 Å². The molecule has 0 unspecified atom stereocenters. The average molecular weight is 532 g/mol. The summed E-state index contributed by atoms with van der Waals surface area (Å²) in [5.74, 6) is 0.0293. The van der Waals surface area contributed by atoms with Gasteiger partial charge in [0.15, 0.2) is 0 Å². The summed E-state index contributed by atoms with van der Waals surface area (Å²) in [5.41, 5.74) is 11.3. The first-order valence-corrected chi connectivity index (χ1v) is 12.5. The normalized spacial score (nSPS) is 10.9. The number of nitrogen functional groups attached to an aromatic ring is 1. The maximum absolute atomic E-state index is 12.6. The lowest BCUT2D eigenvalue weighted by Gasteiger charge is -2.10. The fourth-order valence-electron chi connectivity index (χ4n) is 4.33. The van der Waals surface area contributed by atoms with Crippen LogP contribution in [-0.4, -0.2) is 25.4 Å². The van der Waals surface area contributed by atoms with E-state index in [0.717, 1.165) is 22.2 Å². The number of nitrogens with two attached hydrogens (primary N) is 1. The van der Waals surface area contributed by atoms with E-state index >= 15 is 0 Å². The number of nitrogens with one attached hydrogen (secondary N) is 2. The number of anilines is 4. The maximum Gasteiger partial charge on any atom is 0.274 e. The second kappa shape index (κ2) is 10.3. The molecule has 190 valence electrons. The molecule has 1 amide bonds. The molecule has 0 aliphatic rings. The van der Waals surface area contributed by atoms with E-state index in [0.29, 0.717) is 33.7 Å². The van der Waals surface area contributed by atoms with Crippen molar-refractivity contribution in [2.24, 2.45) is 0 Å². The highest BCUT2D eigenvalue weighted by Crippen LogP contribution is 2.35. The van der Waals surface area contributed by atoms with Gasteiger partial charge in [0.25, 0.3) is 5.91 Å². The fraction of sp³-hybridized carbons (Fsp3) is 0. The Morgan fingerprint density at radius 1 is 0.846 bits per heavy atom. The maximum atomic E-state index is 12.6. The van der Waals surface area contributed by atoms with E-state index < -0.39 is 0 Å². The van der Waals surface area contributed by atoms with Crippen molar-refractivity contribution in [2.45, 2.75) is 0 Å². The van der Waals surface area contributed by atoms with Crippen LogP contribution in [0.15, 0.2) is 110 Å². The minimum absolute atomic E-state index is 0.267. The van der Waals surface area contributed by atoms with E-state index in [-0.39, 0.29) is 11.6 Å². The van der Waals surface area contributed by atoms with Gasteiger partial charge in [0, 0.05) is 34.2 Å². The topological polar surface area (TPSA) is 111 Å². The molecule has 0 bridgehead atoms. The van der Waals surface area contributed by atoms with Gasteiger partial charge in [0.1, 0.15) is 5.69 Å². The molecule has 0 aliphatic carbocycles. The van der Waals surface area contributed by atoms with Gasteiger partial charge in [-0.1, -0.05) is 54.1 Å². The van der Waals surface area contributed by atoms with Crippen LogP contribution in [0.4, 0.5) is 23.0 Å². The second-order valence-corrected chi connectivity index (χ2v) is 9.20. The summed E-state index contributed by atoms with van der Waals surface area (Å²) < 4.78 is 2.12. The number of fused-ring (bicyclic) bond motifs is 1. The molecule has 0 atom stereocenters. The summed E-state index contributed by atoms with van der Waals surface area (Å²) in [4.78, 5) is 25.8. The van der Waals surface area contributed by atoms with E-state index in [9.17, 15) is 4.79 Å². The Labute approximate surface area is 229 Å². The van der Waals surface area contributed by atoms with Crippen LogP contribution in [0, 0.1) is 0 Å². The summed E-state index contributed by atoms with van der Waals surface area (Å²) in [5, 5.41) is 7.52. The van der Waals surface area contributed by atoms with Gasteiger partial charge in [-0.25, -0.2) is 15.0 Å². The zero-order valence-electron chi connectivity index (χ0n) is 20.5. The predicted octanol–water partition coefficient (Wildman–Crippen LogP) is 6.71. The van der Waals surface area contributed by atoms with Gasteiger partial charge in [0.05, 0.1) is 34.3 Å². The van der Waals surface area contributed by atoms with Gasteiger partial charge in [-0.3, -0.25) is 4.79 Å². The number of benzene rings is 3. The number of hydrogen-bond donors (Lipinski definition) is 3. The molecule has 0 saturated heterocycles. The highest BCUT2D eigenvalue weighted by molar-refractivity contribution is 6.33. The Morgan fingerprint density at radius 2 is 1.64 bits per heavy atom. The number of nitrogens with zero attached hydrogens (tertiary/aromatic N) is 4. The van der Waals surface area contributed by atoms with E-state index in [4.69, 9.17) is 22.3 Å². The second-order valence-electron chi connectivity index (χ2n) is 8.79.